The van der Waals surface area contributed by atoms with Gasteiger partial charge in [0.25, 0.3) is 0 Å². The van der Waals surface area contributed by atoms with Gasteiger partial charge in [0.05, 0.1) is 11.3 Å². The first-order valence-corrected chi connectivity index (χ1v) is 6.91. The predicted molar refractivity (Wildman–Crippen MR) is 75.4 cm³/mol. The summed E-state index contributed by atoms with van der Waals surface area (Å²) < 4.78 is 0.649. The van der Waals surface area contributed by atoms with Gasteiger partial charge in [-0.05, 0) is 46.5 Å². The van der Waals surface area contributed by atoms with Crippen molar-refractivity contribution in [1.82, 2.24) is 5.32 Å². The van der Waals surface area contributed by atoms with E-state index in [0.717, 1.165) is 12.8 Å². The van der Waals surface area contributed by atoms with E-state index in [0.29, 0.717) is 16.1 Å². The Hall–Kier alpha value is -1.56. The number of carbonyl (C=O) groups excluding carboxylic acids is 1. The van der Waals surface area contributed by atoms with Crippen LogP contribution in [0.4, 0.5) is 10.5 Å². The van der Waals surface area contributed by atoms with Crippen LogP contribution in [-0.4, -0.2) is 23.1 Å². The number of nitrogens with one attached hydrogen (secondary N) is 2. The van der Waals surface area contributed by atoms with Crippen molar-refractivity contribution in [3.05, 3.63) is 28.2 Å². The molecular weight excluding hydrogens is 312 g/mol. The lowest BCUT2D eigenvalue weighted by Gasteiger charge is -2.09. The van der Waals surface area contributed by atoms with E-state index in [2.05, 4.69) is 33.5 Å². The lowest BCUT2D eigenvalue weighted by molar-refractivity contribution is 0.0697. The number of amides is 2. The molecule has 2 unspecified atom stereocenters. The molecule has 0 aromatic heterocycles. The van der Waals surface area contributed by atoms with Crippen molar-refractivity contribution in [3.63, 3.8) is 0 Å². The van der Waals surface area contributed by atoms with Crippen LogP contribution in [-0.2, 0) is 0 Å². The highest BCUT2D eigenvalue weighted by atomic mass is 79.9. The van der Waals surface area contributed by atoms with Gasteiger partial charge in [0, 0.05) is 10.5 Å². The maximum Gasteiger partial charge on any atom is 0.335 e. The van der Waals surface area contributed by atoms with Gasteiger partial charge < -0.3 is 15.7 Å². The molecular formula is C13H15BrN2O3. The molecule has 2 rings (SSSR count). The molecule has 1 aliphatic carbocycles. The SMILES string of the molecule is CCC1CC1NC(=O)Nc1cc(C(=O)O)ccc1Br. The number of hydrogen-bond acceptors (Lipinski definition) is 2. The second kappa shape index (κ2) is 5.61. The van der Waals surface area contributed by atoms with E-state index in [1.54, 1.807) is 6.07 Å². The second-order valence-corrected chi connectivity index (χ2v) is 5.46. The Bertz CT molecular complexity index is 519. The van der Waals surface area contributed by atoms with E-state index in [-0.39, 0.29) is 17.6 Å². The maximum absolute atomic E-state index is 11.8. The average Bonchev–Trinajstić information content (AvgIpc) is 3.09. The summed E-state index contributed by atoms with van der Waals surface area (Å²) in [6, 6.07) is 4.45. The normalized spacial score (nSPS) is 20.7. The number of aromatic carboxylic acids is 1. The van der Waals surface area contributed by atoms with Gasteiger partial charge in [0.15, 0.2) is 0 Å². The van der Waals surface area contributed by atoms with E-state index in [9.17, 15) is 9.59 Å². The number of carboxylic acids is 1. The van der Waals surface area contributed by atoms with E-state index >= 15 is 0 Å². The fraction of sp³-hybridized carbons (Fsp3) is 0.385. The minimum atomic E-state index is -1.02. The molecule has 1 saturated carbocycles. The molecule has 2 atom stereocenters. The van der Waals surface area contributed by atoms with Gasteiger partial charge in [-0.3, -0.25) is 0 Å². The Morgan fingerprint density at radius 1 is 1.47 bits per heavy atom. The lowest BCUT2D eigenvalue weighted by Crippen LogP contribution is -2.31. The molecule has 0 radical (unpaired) electrons. The highest BCUT2D eigenvalue weighted by molar-refractivity contribution is 9.10. The van der Waals surface area contributed by atoms with Crippen LogP contribution in [0.15, 0.2) is 22.7 Å². The number of anilines is 1. The van der Waals surface area contributed by atoms with Gasteiger partial charge in [-0.2, -0.15) is 0 Å². The standard InChI is InChI=1S/C13H15BrN2O3/c1-2-7-5-10(7)15-13(19)16-11-6-8(12(17)18)3-4-9(11)14/h3-4,6-7,10H,2,5H2,1H3,(H,17,18)(H2,15,16,19). The molecule has 0 aliphatic heterocycles. The first-order chi connectivity index (χ1) is 9.01. The van der Waals surface area contributed by atoms with Crippen molar-refractivity contribution in [2.45, 2.75) is 25.8 Å². The number of hydrogen-bond donors (Lipinski definition) is 3. The van der Waals surface area contributed by atoms with E-state index in [4.69, 9.17) is 5.11 Å². The third-order valence-electron chi connectivity index (χ3n) is 3.22. The monoisotopic (exact) mass is 326 g/mol. The first-order valence-electron chi connectivity index (χ1n) is 6.11. The predicted octanol–water partition coefficient (Wildman–Crippen LogP) is 3.07. The summed E-state index contributed by atoms with van der Waals surface area (Å²) in [4.78, 5) is 22.6. The Labute approximate surface area is 119 Å². The quantitative estimate of drug-likeness (QED) is 0.795. The van der Waals surface area contributed by atoms with Gasteiger partial charge in [0.2, 0.25) is 0 Å². The molecule has 5 nitrogen and oxygen atoms in total. The second-order valence-electron chi connectivity index (χ2n) is 4.61. The third kappa shape index (κ3) is 3.47. The molecule has 0 bridgehead atoms. The topological polar surface area (TPSA) is 78.4 Å². The molecule has 1 fully saturated rings. The van der Waals surface area contributed by atoms with Crippen LogP contribution in [0.25, 0.3) is 0 Å². The summed E-state index contributed by atoms with van der Waals surface area (Å²) in [5.74, 6) is -0.455. The lowest BCUT2D eigenvalue weighted by atomic mass is 10.2. The summed E-state index contributed by atoms with van der Waals surface area (Å²) in [6.07, 6.45) is 2.07. The van der Waals surface area contributed by atoms with E-state index in [1.165, 1.54) is 12.1 Å². The Balaban J connectivity index is 2.00. The van der Waals surface area contributed by atoms with Crippen molar-refractivity contribution >= 4 is 33.6 Å². The minimum absolute atomic E-state index is 0.136. The van der Waals surface area contributed by atoms with Crippen LogP contribution >= 0.6 is 15.9 Å². The van der Waals surface area contributed by atoms with Gasteiger partial charge in [-0.15, -0.1) is 0 Å². The van der Waals surface area contributed by atoms with Crippen LogP contribution in [0.2, 0.25) is 0 Å². The Kier molecular flexibility index (Phi) is 4.09. The summed E-state index contributed by atoms with van der Waals surface area (Å²) in [5, 5.41) is 14.4. The van der Waals surface area contributed by atoms with Crippen LogP contribution in [0, 0.1) is 5.92 Å². The zero-order chi connectivity index (χ0) is 14.0. The largest absolute Gasteiger partial charge is 0.478 e. The fourth-order valence-corrected chi connectivity index (χ4v) is 2.30. The van der Waals surface area contributed by atoms with E-state index < -0.39 is 5.97 Å². The van der Waals surface area contributed by atoms with Crippen molar-refractivity contribution in [2.75, 3.05) is 5.32 Å². The highest BCUT2D eigenvalue weighted by Crippen LogP contribution is 2.33. The molecule has 0 spiro atoms. The summed E-state index contributed by atoms with van der Waals surface area (Å²) >= 11 is 3.28. The van der Waals surface area contributed by atoms with Gasteiger partial charge in [-0.1, -0.05) is 13.3 Å². The third-order valence-corrected chi connectivity index (χ3v) is 3.92. The van der Waals surface area contributed by atoms with Crippen LogP contribution in [0.1, 0.15) is 30.1 Å². The molecule has 19 heavy (non-hydrogen) atoms. The number of halogens is 1. The number of carbonyl (C=O) groups is 2. The van der Waals surface area contributed by atoms with Gasteiger partial charge in [-0.25, -0.2) is 9.59 Å². The van der Waals surface area contributed by atoms with Crippen molar-refractivity contribution in [3.8, 4) is 0 Å². The minimum Gasteiger partial charge on any atom is -0.478 e. The summed E-state index contributed by atoms with van der Waals surface area (Å²) in [6.45, 7) is 2.09. The fourth-order valence-electron chi connectivity index (χ4n) is 1.96. The molecule has 1 aliphatic rings. The first kappa shape index (κ1) is 13.9. The number of benzene rings is 1. The van der Waals surface area contributed by atoms with E-state index in [1.807, 2.05) is 0 Å². The summed E-state index contributed by atoms with van der Waals surface area (Å²) in [5.41, 5.74) is 0.586. The Morgan fingerprint density at radius 3 is 2.79 bits per heavy atom. The maximum atomic E-state index is 11.8. The summed E-state index contributed by atoms with van der Waals surface area (Å²) in [7, 11) is 0. The van der Waals surface area contributed by atoms with Crippen molar-refractivity contribution in [1.29, 1.82) is 0 Å². The highest BCUT2D eigenvalue weighted by Gasteiger charge is 2.36. The van der Waals surface area contributed by atoms with Crippen molar-refractivity contribution < 1.29 is 14.7 Å². The molecule has 1 aromatic rings. The van der Waals surface area contributed by atoms with Crippen LogP contribution in [0.3, 0.4) is 0 Å². The van der Waals surface area contributed by atoms with Crippen molar-refractivity contribution in [2.24, 2.45) is 5.92 Å². The molecule has 6 heteroatoms. The number of carboxylic acid groups (broad SMARTS) is 1. The Morgan fingerprint density at radius 2 is 2.21 bits per heavy atom. The smallest absolute Gasteiger partial charge is 0.335 e. The molecule has 0 saturated heterocycles. The average molecular weight is 327 g/mol. The van der Waals surface area contributed by atoms with Crippen LogP contribution in [0.5, 0.6) is 0 Å². The molecule has 1 aromatic carbocycles. The van der Waals surface area contributed by atoms with Gasteiger partial charge >= 0.3 is 12.0 Å². The molecule has 102 valence electrons. The van der Waals surface area contributed by atoms with Gasteiger partial charge in [0.1, 0.15) is 0 Å². The molecule has 3 N–H and O–H groups in total. The number of urea groups is 1. The molecule has 2 amide bonds. The van der Waals surface area contributed by atoms with Crippen LogP contribution < -0.4 is 10.6 Å². The molecule has 0 heterocycles. The number of rotatable bonds is 4. The zero-order valence-corrected chi connectivity index (χ0v) is 12.0. The zero-order valence-electron chi connectivity index (χ0n) is 10.4.